The fourth-order valence-corrected chi connectivity index (χ4v) is 1.68. The van der Waals surface area contributed by atoms with Crippen LogP contribution >= 0.6 is 0 Å². The van der Waals surface area contributed by atoms with Crippen LogP contribution in [0.1, 0.15) is 11.3 Å². The molecule has 2 aromatic rings. The van der Waals surface area contributed by atoms with Crippen molar-refractivity contribution in [2.24, 2.45) is 0 Å². The molecule has 1 heterocycles. The lowest BCUT2D eigenvalue weighted by Gasteiger charge is -2.06. The van der Waals surface area contributed by atoms with E-state index in [0.717, 1.165) is 5.56 Å². The fraction of sp³-hybridized carbons (Fsp3) is 0.214. The number of hydrogen-bond donors (Lipinski definition) is 0. The normalized spacial score (nSPS) is 10.2. The summed E-state index contributed by atoms with van der Waals surface area (Å²) in [5.74, 6) is 2.97. The summed E-state index contributed by atoms with van der Waals surface area (Å²) >= 11 is 0. The summed E-state index contributed by atoms with van der Waals surface area (Å²) in [5.41, 5.74) is 1.38. The van der Waals surface area contributed by atoms with Gasteiger partial charge in [-0.15, -0.1) is 6.42 Å². The number of terminal acetylenes is 1. The molecule has 0 fully saturated rings. The van der Waals surface area contributed by atoms with E-state index in [2.05, 4.69) is 5.92 Å². The summed E-state index contributed by atoms with van der Waals surface area (Å²) < 4.78 is 10.8. The fourth-order valence-electron chi connectivity index (χ4n) is 1.68. The van der Waals surface area contributed by atoms with Crippen LogP contribution < -0.4 is 10.2 Å². The SMILES string of the molecule is C#CCOc1c(C)oc2ccc(C)cc2c1=O. The molecule has 0 bridgehead atoms. The highest BCUT2D eigenvalue weighted by atomic mass is 16.5. The number of aryl methyl sites for hydroxylation is 2. The molecular formula is C14H12O3. The summed E-state index contributed by atoms with van der Waals surface area (Å²) in [4.78, 5) is 12.2. The average Bonchev–Trinajstić information content (AvgIpc) is 2.30. The van der Waals surface area contributed by atoms with Crippen molar-refractivity contribution in [1.29, 1.82) is 0 Å². The highest BCUT2D eigenvalue weighted by molar-refractivity contribution is 5.78. The Hall–Kier alpha value is -2.21. The zero-order chi connectivity index (χ0) is 12.4. The Kier molecular flexibility index (Phi) is 2.88. The third-order valence-corrected chi connectivity index (χ3v) is 2.47. The molecule has 0 radical (unpaired) electrons. The lowest BCUT2D eigenvalue weighted by atomic mass is 10.1. The van der Waals surface area contributed by atoms with Gasteiger partial charge in [0.05, 0.1) is 5.39 Å². The topological polar surface area (TPSA) is 39.4 Å². The minimum Gasteiger partial charge on any atom is -0.473 e. The van der Waals surface area contributed by atoms with Crippen LogP contribution in [-0.4, -0.2) is 6.61 Å². The van der Waals surface area contributed by atoms with Crippen LogP contribution in [0.5, 0.6) is 5.75 Å². The number of ether oxygens (including phenoxy) is 1. The second-order valence-electron chi connectivity index (χ2n) is 3.81. The molecule has 0 saturated carbocycles. The Morgan fingerprint density at radius 1 is 1.41 bits per heavy atom. The van der Waals surface area contributed by atoms with E-state index in [4.69, 9.17) is 15.6 Å². The number of benzene rings is 1. The van der Waals surface area contributed by atoms with Crippen molar-refractivity contribution in [1.82, 2.24) is 0 Å². The molecule has 0 aliphatic heterocycles. The smallest absolute Gasteiger partial charge is 0.234 e. The summed E-state index contributed by atoms with van der Waals surface area (Å²) in [5, 5.41) is 0.516. The van der Waals surface area contributed by atoms with Crippen molar-refractivity contribution >= 4 is 11.0 Å². The molecule has 0 spiro atoms. The van der Waals surface area contributed by atoms with Gasteiger partial charge in [-0.3, -0.25) is 4.79 Å². The van der Waals surface area contributed by atoms with Gasteiger partial charge in [-0.2, -0.15) is 0 Å². The first-order valence-corrected chi connectivity index (χ1v) is 5.24. The van der Waals surface area contributed by atoms with Crippen LogP contribution in [0.25, 0.3) is 11.0 Å². The minimum absolute atomic E-state index is 0.0585. The molecule has 86 valence electrons. The molecular weight excluding hydrogens is 216 g/mol. The van der Waals surface area contributed by atoms with Crippen LogP contribution in [0.15, 0.2) is 27.4 Å². The van der Waals surface area contributed by atoms with Crippen molar-refractivity contribution < 1.29 is 9.15 Å². The average molecular weight is 228 g/mol. The molecule has 0 saturated heterocycles. The van der Waals surface area contributed by atoms with Crippen LogP contribution in [0, 0.1) is 26.2 Å². The van der Waals surface area contributed by atoms with Gasteiger partial charge in [-0.25, -0.2) is 0 Å². The van der Waals surface area contributed by atoms with Crippen molar-refractivity contribution in [3.63, 3.8) is 0 Å². The molecule has 1 aromatic carbocycles. The first-order chi connectivity index (χ1) is 8.13. The standard InChI is InChI=1S/C14H12O3/c1-4-7-16-14-10(3)17-12-6-5-9(2)8-11(12)13(14)15/h1,5-6,8H,7H2,2-3H3. The molecule has 0 aliphatic carbocycles. The second kappa shape index (κ2) is 4.34. The molecule has 0 amide bonds. The van der Waals surface area contributed by atoms with Crippen LogP contribution in [-0.2, 0) is 0 Å². The minimum atomic E-state index is -0.178. The van der Waals surface area contributed by atoms with E-state index in [1.165, 1.54) is 0 Å². The van der Waals surface area contributed by atoms with Gasteiger partial charge in [0, 0.05) is 0 Å². The van der Waals surface area contributed by atoms with Gasteiger partial charge in [-0.05, 0) is 26.0 Å². The maximum Gasteiger partial charge on any atom is 0.234 e. The molecule has 0 unspecified atom stereocenters. The lowest BCUT2D eigenvalue weighted by Crippen LogP contribution is -2.10. The van der Waals surface area contributed by atoms with E-state index >= 15 is 0 Å². The van der Waals surface area contributed by atoms with Gasteiger partial charge in [0.25, 0.3) is 0 Å². The van der Waals surface area contributed by atoms with E-state index in [0.29, 0.717) is 16.7 Å². The number of fused-ring (bicyclic) bond motifs is 1. The predicted octanol–water partition coefficient (Wildman–Crippen LogP) is 2.42. The summed E-state index contributed by atoms with van der Waals surface area (Å²) in [7, 11) is 0. The first kappa shape index (κ1) is 11.3. The number of rotatable bonds is 2. The third kappa shape index (κ3) is 2.02. The monoisotopic (exact) mass is 228 g/mol. The van der Waals surface area contributed by atoms with Crippen molar-refractivity contribution in [3.05, 3.63) is 39.7 Å². The third-order valence-electron chi connectivity index (χ3n) is 2.47. The molecule has 17 heavy (non-hydrogen) atoms. The largest absolute Gasteiger partial charge is 0.473 e. The maximum atomic E-state index is 12.2. The van der Waals surface area contributed by atoms with E-state index in [-0.39, 0.29) is 17.8 Å². The zero-order valence-electron chi connectivity index (χ0n) is 9.74. The Morgan fingerprint density at radius 2 is 2.18 bits per heavy atom. The summed E-state index contributed by atoms with van der Waals surface area (Å²) in [6.45, 7) is 3.66. The lowest BCUT2D eigenvalue weighted by molar-refractivity contribution is 0.347. The Labute approximate surface area is 99.0 Å². The van der Waals surface area contributed by atoms with E-state index in [9.17, 15) is 4.79 Å². The maximum absolute atomic E-state index is 12.2. The van der Waals surface area contributed by atoms with Gasteiger partial charge in [0.1, 0.15) is 18.0 Å². The van der Waals surface area contributed by atoms with E-state index in [1.54, 1.807) is 19.1 Å². The van der Waals surface area contributed by atoms with Gasteiger partial charge >= 0.3 is 0 Å². The van der Waals surface area contributed by atoms with Gasteiger partial charge in [-0.1, -0.05) is 17.6 Å². The second-order valence-corrected chi connectivity index (χ2v) is 3.81. The Morgan fingerprint density at radius 3 is 2.88 bits per heavy atom. The molecule has 3 nitrogen and oxygen atoms in total. The van der Waals surface area contributed by atoms with E-state index < -0.39 is 0 Å². The van der Waals surface area contributed by atoms with Gasteiger partial charge in [0.2, 0.25) is 11.2 Å². The van der Waals surface area contributed by atoms with Crippen molar-refractivity contribution in [3.8, 4) is 18.1 Å². The van der Waals surface area contributed by atoms with Crippen LogP contribution in [0.2, 0.25) is 0 Å². The van der Waals surface area contributed by atoms with E-state index in [1.807, 2.05) is 13.0 Å². The molecule has 1 aromatic heterocycles. The van der Waals surface area contributed by atoms with Crippen LogP contribution in [0.3, 0.4) is 0 Å². The molecule has 0 aliphatic rings. The predicted molar refractivity (Wildman–Crippen MR) is 66.3 cm³/mol. The highest BCUT2D eigenvalue weighted by Gasteiger charge is 2.12. The summed E-state index contributed by atoms with van der Waals surface area (Å²) in [6.07, 6.45) is 5.11. The Balaban J connectivity index is 2.70. The Bertz CT molecular complexity index is 659. The van der Waals surface area contributed by atoms with Gasteiger partial charge < -0.3 is 9.15 Å². The molecule has 0 N–H and O–H groups in total. The summed E-state index contributed by atoms with van der Waals surface area (Å²) in [6, 6.07) is 5.46. The van der Waals surface area contributed by atoms with Crippen molar-refractivity contribution in [2.75, 3.05) is 6.61 Å². The van der Waals surface area contributed by atoms with Gasteiger partial charge in [0.15, 0.2) is 0 Å². The van der Waals surface area contributed by atoms with Crippen molar-refractivity contribution in [2.45, 2.75) is 13.8 Å². The number of hydrogen-bond acceptors (Lipinski definition) is 3. The molecule has 2 rings (SSSR count). The molecule has 3 heteroatoms. The quantitative estimate of drug-likeness (QED) is 0.741. The zero-order valence-corrected chi connectivity index (χ0v) is 9.74. The highest BCUT2D eigenvalue weighted by Crippen LogP contribution is 2.20. The van der Waals surface area contributed by atoms with Crippen LogP contribution in [0.4, 0.5) is 0 Å². The first-order valence-electron chi connectivity index (χ1n) is 5.24. The molecule has 0 atom stereocenters.